The van der Waals surface area contributed by atoms with Crippen LogP contribution in [-0.4, -0.2) is 41.2 Å². The fourth-order valence-corrected chi connectivity index (χ4v) is 2.83. The molecule has 1 fully saturated rings. The number of piperidine rings is 1. The van der Waals surface area contributed by atoms with Gasteiger partial charge in [0.05, 0.1) is 6.20 Å². The molecule has 5 nitrogen and oxygen atoms in total. The number of rotatable bonds is 2. The molecule has 2 rings (SSSR count). The van der Waals surface area contributed by atoms with Gasteiger partial charge in [-0.15, -0.1) is 0 Å². The summed E-state index contributed by atoms with van der Waals surface area (Å²) in [6.07, 6.45) is 3.70. The van der Waals surface area contributed by atoms with Crippen LogP contribution >= 0.6 is 0 Å². The summed E-state index contributed by atoms with van der Waals surface area (Å²) in [5.41, 5.74) is 5.58. The number of pyridine rings is 1. The van der Waals surface area contributed by atoms with Crippen LogP contribution in [-0.2, 0) is 10.2 Å². The molecule has 0 saturated carbocycles. The minimum Gasteiger partial charge on any atom is -0.444 e. The Hall–Kier alpha value is -1.69. The van der Waals surface area contributed by atoms with Gasteiger partial charge in [-0.2, -0.15) is 0 Å². The number of carbonyl (C=O) groups is 1. The van der Waals surface area contributed by atoms with Crippen molar-refractivity contribution in [3.05, 3.63) is 29.8 Å². The van der Waals surface area contributed by atoms with Gasteiger partial charge in [-0.1, -0.05) is 0 Å². The second-order valence-corrected chi connectivity index (χ2v) is 6.81. The topological polar surface area (TPSA) is 68.5 Å². The van der Waals surface area contributed by atoms with Crippen LogP contribution in [0.4, 0.5) is 9.18 Å². The molecular weight excluding hydrogens is 285 g/mol. The lowest BCUT2D eigenvalue weighted by Gasteiger charge is -2.41. The van der Waals surface area contributed by atoms with Crippen LogP contribution in [0.5, 0.6) is 0 Å². The van der Waals surface area contributed by atoms with E-state index in [1.165, 1.54) is 6.20 Å². The van der Waals surface area contributed by atoms with E-state index in [1.807, 2.05) is 20.8 Å². The number of ether oxygens (including phenoxy) is 1. The van der Waals surface area contributed by atoms with E-state index in [-0.39, 0.29) is 11.9 Å². The standard InChI is InChI=1S/C16H24FN3O2/c1-15(2,3)22-14(21)20-8-5-16(11-18,6-9-20)12-4-7-19-10-13(12)17/h4,7,10H,5-6,8-9,11,18H2,1-3H3. The number of likely N-dealkylation sites (tertiary alicyclic amines) is 1. The molecule has 22 heavy (non-hydrogen) atoms. The third-order valence-corrected chi connectivity index (χ3v) is 4.11. The highest BCUT2D eigenvalue weighted by molar-refractivity contribution is 5.68. The van der Waals surface area contributed by atoms with Gasteiger partial charge in [0, 0.05) is 31.2 Å². The molecule has 0 aromatic carbocycles. The second-order valence-electron chi connectivity index (χ2n) is 6.81. The summed E-state index contributed by atoms with van der Waals surface area (Å²) in [7, 11) is 0. The first-order valence-electron chi connectivity index (χ1n) is 7.55. The monoisotopic (exact) mass is 309 g/mol. The van der Waals surface area contributed by atoms with E-state index >= 15 is 0 Å². The summed E-state index contributed by atoms with van der Waals surface area (Å²) in [5.74, 6) is -0.335. The number of hydrogen-bond acceptors (Lipinski definition) is 4. The summed E-state index contributed by atoms with van der Waals surface area (Å²) in [5, 5.41) is 0. The summed E-state index contributed by atoms with van der Waals surface area (Å²) in [4.78, 5) is 17.6. The van der Waals surface area contributed by atoms with Crippen molar-refractivity contribution in [2.75, 3.05) is 19.6 Å². The predicted octanol–water partition coefficient (Wildman–Crippen LogP) is 2.45. The SMILES string of the molecule is CC(C)(C)OC(=O)N1CCC(CN)(c2ccncc2F)CC1. The molecule has 1 aromatic heterocycles. The highest BCUT2D eigenvalue weighted by atomic mass is 19.1. The smallest absolute Gasteiger partial charge is 0.410 e. The van der Waals surface area contributed by atoms with Crippen molar-refractivity contribution in [3.8, 4) is 0 Å². The first kappa shape index (κ1) is 16.7. The molecular formula is C16H24FN3O2. The van der Waals surface area contributed by atoms with Crippen LogP contribution in [0.2, 0.25) is 0 Å². The van der Waals surface area contributed by atoms with Gasteiger partial charge in [-0.05, 0) is 45.2 Å². The number of halogens is 1. The molecule has 0 unspecified atom stereocenters. The van der Waals surface area contributed by atoms with Crippen molar-refractivity contribution in [3.63, 3.8) is 0 Å². The second kappa shape index (κ2) is 6.20. The molecule has 122 valence electrons. The Morgan fingerprint density at radius 3 is 2.59 bits per heavy atom. The summed E-state index contributed by atoms with van der Waals surface area (Å²) < 4.78 is 19.4. The summed E-state index contributed by atoms with van der Waals surface area (Å²) in [6.45, 7) is 6.87. The van der Waals surface area contributed by atoms with E-state index in [2.05, 4.69) is 4.98 Å². The van der Waals surface area contributed by atoms with Gasteiger partial charge in [0.2, 0.25) is 0 Å². The van der Waals surface area contributed by atoms with E-state index in [1.54, 1.807) is 17.2 Å². The Bertz CT molecular complexity index is 534. The van der Waals surface area contributed by atoms with Gasteiger partial charge in [0.25, 0.3) is 0 Å². The molecule has 2 heterocycles. The van der Waals surface area contributed by atoms with Gasteiger partial charge < -0.3 is 15.4 Å². The number of nitrogens with two attached hydrogens (primary N) is 1. The first-order valence-corrected chi connectivity index (χ1v) is 7.55. The van der Waals surface area contributed by atoms with Crippen molar-refractivity contribution in [2.45, 2.75) is 44.6 Å². The lowest BCUT2D eigenvalue weighted by molar-refractivity contribution is 0.0165. The summed E-state index contributed by atoms with van der Waals surface area (Å²) in [6, 6.07) is 1.69. The van der Waals surface area contributed by atoms with Crippen molar-refractivity contribution < 1.29 is 13.9 Å². The van der Waals surface area contributed by atoms with Crippen LogP contribution in [0, 0.1) is 5.82 Å². The van der Waals surface area contributed by atoms with Crippen molar-refractivity contribution >= 4 is 6.09 Å². The Balaban J connectivity index is 2.09. The molecule has 0 spiro atoms. The molecule has 1 aliphatic rings. The average molecular weight is 309 g/mol. The van der Waals surface area contributed by atoms with Gasteiger partial charge >= 0.3 is 6.09 Å². The van der Waals surface area contributed by atoms with E-state index in [0.717, 1.165) is 0 Å². The average Bonchev–Trinajstić information content (AvgIpc) is 2.46. The van der Waals surface area contributed by atoms with E-state index in [0.29, 0.717) is 38.0 Å². The number of carbonyl (C=O) groups excluding carboxylic acids is 1. The number of aromatic nitrogens is 1. The number of nitrogens with zero attached hydrogens (tertiary/aromatic N) is 2. The van der Waals surface area contributed by atoms with E-state index < -0.39 is 11.0 Å². The lowest BCUT2D eigenvalue weighted by atomic mass is 9.73. The van der Waals surface area contributed by atoms with Crippen LogP contribution < -0.4 is 5.73 Å². The maximum absolute atomic E-state index is 14.1. The van der Waals surface area contributed by atoms with Crippen LogP contribution in [0.3, 0.4) is 0 Å². The minimum absolute atomic E-state index is 0.326. The predicted molar refractivity (Wildman–Crippen MR) is 82.0 cm³/mol. The third kappa shape index (κ3) is 3.55. The fraction of sp³-hybridized carbons (Fsp3) is 0.625. The summed E-state index contributed by atoms with van der Waals surface area (Å²) >= 11 is 0. The molecule has 0 aliphatic carbocycles. The quantitative estimate of drug-likeness (QED) is 0.911. The van der Waals surface area contributed by atoms with E-state index in [4.69, 9.17) is 10.5 Å². The van der Waals surface area contributed by atoms with Crippen LogP contribution in [0.15, 0.2) is 18.5 Å². The third-order valence-electron chi connectivity index (χ3n) is 4.11. The van der Waals surface area contributed by atoms with Crippen molar-refractivity contribution in [1.29, 1.82) is 0 Å². The molecule has 0 bridgehead atoms. The van der Waals surface area contributed by atoms with E-state index in [9.17, 15) is 9.18 Å². The van der Waals surface area contributed by atoms with Crippen LogP contribution in [0.1, 0.15) is 39.2 Å². The molecule has 0 radical (unpaired) electrons. The zero-order chi connectivity index (χ0) is 16.4. The van der Waals surface area contributed by atoms with Gasteiger partial charge in [0.1, 0.15) is 11.4 Å². The Morgan fingerprint density at radius 2 is 2.09 bits per heavy atom. The zero-order valence-corrected chi connectivity index (χ0v) is 13.4. The maximum Gasteiger partial charge on any atom is 0.410 e. The lowest BCUT2D eigenvalue weighted by Crippen LogP contribution is -2.50. The highest BCUT2D eigenvalue weighted by Gasteiger charge is 2.39. The molecule has 6 heteroatoms. The molecule has 0 atom stereocenters. The Morgan fingerprint density at radius 1 is 1.45 bits per heavy atom. The fourth-order valence-electron chi connectivity index (χ4n) is 2.83. The number of amides is 1. The molecule has 1 aromatic rings. The van der Waals surface area contributed by atoms with Gasteiger partial charge in [-0.3, -0.25) is 4.98 Å². The van der Waals surface area contributed by atoms with Crippen molar-refractivity contribution in [2.24, 2.45) is 5.73 Å². The molecule has 1 amide bonds. The number of hydrogen-bond donors (Lipinski definition) is 1. The van der Waals surface area contributed by atoms with Gasteiger partial charge in [0.15, 0.2) is 0 Å². The molecule has 1 aliphatic heterocycles. The van der Waals surface area contributed by atoms with Crippen LogP contribution in [0.25, 0.3) is 0 Å². The molecule has 1 saturated heterocycles. The Labute approximate surface area is 130 Å². The first-order chi connectivity index (χ1) is 10.3. The van der Waals surface area contributed by atoms with Crippen molar-refractivity contribution in [1.82, 2.24) is 9.88 Å². The minimum atomic E-state index is -0.517. The Kier molecular flexibility index (Phi) is 4.70. The molecule has 2 N–H and O–H groups in total. The zero-order valence-electron chi connectivity index (χ0n) is 13.4. The van der Waals surface area contributed by atoms with Gasteiger partial charge in [-0.25, -0.2) is 9.18 Å². The maximum atomic E-state index is 14.1. The largest absolute Gasteiger partial charge is 0.444 e. The highest BCUT2D eigenvalue weighted by Crippen LogP contribution is 2.36. The normalized spacial score (nSPS) is 18.1.